The summed E-state index contributed by atoms with van der Waals surface area (Å²) in [6, 6.07) is 10.6. The van der Waals surface area contributed by atoms with Crippen molar-refractivity contribution in [2.24, 2.45) is 0 Å². The highest BCUT2D eigenvalue weighted by Gasteiger charge is 2.14. The maximum absolute atomic E-state index is 12.3. The van der Waals surface area contributed by atoms with Crippen molar-refractivity contribution >= 4 is 17.4 Å². The van der Waals surface area contributed by atoms with E-state index in [1.54, 1.807) is 6.07 Å². The number of furan rings is 1. The zero-order chi connectivity index (χ0) is 16.9. The first kappa shape index (κ1) is 16.2. The van der Waals surface area contributed by atoms with Crippen LogP contribution >= 0.6 is 0 Å². The van der Waals surface area contributed by atoms with E-state index in [0.29, 0.717) is 17.7 Å². The van der Waals surface area contributed by atoms with Crippen LogP contribution in [0.3, 0.4) is 0 Å². The third-order valence-corrected chi connectivity index (χ3v) is 4.34. The molecule has 1 aromatic carbocycles. The van der Waals surface area contributed by atoms with Crippen LogP contribution in [0.4, 0.5) is 11.6 Å². The zero-order valence-electron chi connectivity index (χ0n) is 13.4. The molecule has 0 radical (unpaired) electrons. The monoisotopic (exact) mass is 328 g/mol. The molecule has 0 unspecified atom stereocenters. The Morgan fingerprint density at radius 1 is 1.08 bits per heavy atom. The molecule has 1 fully saturated rings. The van der Waals surface area contributed by atoms with Gasteiger partial charge in [0.2, 0.25) is 0 Å². The summed E-state index contributed by atoms with van der Waals surface area (Å²) in [5.41, 5.74) is 1.82. The first-order chi connectivity index (χ1) is 11.6. The van der Waals surface area contributed by atoms with Crippen molar-refractivity contribution in [3.8, 4) is 0 Å². The maximum Gasteiger partial charge on any atom is 0.433 e. The van der Waals surface area contributed by atoms with Gasteiger partial charge >= 0.3 is 5.88 Å². The minimum absolute atomic E-state index is 0.0132. The fourth-order valence-corrected chi connectivity index (χ4v) is 2.99. The predicted octanol–water partition coefficient (Wildman–Crippen LogP) is 3.99. The Kier molecular flexibility index (Phi) is 4.93. The van der Waals surface area contributed by atoms with E-state index >= 15 is 0 Å². The van der Waals surface area contributed by atoms with Crippen molar-refractivity contribution in [2.45, 2.75) is 32.1 Å². The Hall–Kier alpha value is -2.63. The van der Waals surface area contributed by atoms with Gasteiger partial charge in [0.15, 0.2) is 5.78 Å². The van der Waals surface area contributed by atoms with Crippen LogP contribution in [0.15, 0.2) is 40.8 Å². The van der Waals surface area contributed by atoms with Crippen LogP contribution in [0.5, 0.6) is 0 Å². The maximum atomic E-state index is 12.3. The molecule has 0 amide bonds. The molecule has 1 aliphatic heterocycles. The number of Topliss-reactive ketones (excluding diaryl/α,β-unsaturated/α-hetero) is 1. The van der Waals surface area contributed by atoms with Crippen LogP contribution in [-0.4, -0.2) is 23.8 Å². The topological polar surface area (TPSA) is 76.6 Å². The highest BCUT2D eigenvalue weighted by Crippen LogP contribution is 2.21. The molecule has 126 valence electrons. The Balaban J connectivity index is 1.57. The van der Waals surface area contributed by atoms with E-state index in [-0.39, 0.29) is 18.1 Å². The molecule has 2 aromatic rings. The second-order valence-electron chi connectivity index (χ2n) is 6.01. The number of anilines is 1. The average molecular weight is 328 g/mol. The van der Waals surface area contributed by atoms with Crippen LogP contribution in [-0.2, 0) is 6.42 Å². The van der Waals surface area contributed by atoms with Gasteiger partial charge in [-0.3, -0.25) is 14.9 Å². The normalized spacial score (nSPS) is 14.6. The van der Waals surface area contributed by atoms with Gasteiger partial charge in [-0.05, 0) is 49.6 Å². The van der Waals surface area contributed by atoms with Crippen molar-refractivity contribution < 1.29 is 14.1 Å². The summed E-state index contributed by atoms with van der Waals surface area (Å²) in [4.78, 5) is 24.6. The molecule has 24 heavy (non-hydrogen) atoms. The van der Waals surface area contributed by atoms with Crippen molar-refractivity contribution in [1.29, 1.82) is 0 Å². The summed E-state index contributed by atoms with van der Waals surface area (Å²) in [7, 11) is 0. The van der Waals surface area contributed by atoms with E-state index in [1.807, 2.05) is 24.3 Å². The quantitative estimate of drug-likeness (QED) is 0.455. The lowest BCUT2D eigenvalue weighted by atomic mass is 10.0. The van der Waals surface area contributed by atoms with Gasteiger partial charge in [0, 0.05) is 37.2 Å². The van der Waals surface area contributed by atoms with Crippen LogP contribution in [0.25, 0.3) is 0 Å². The van der Waals surface area contributed by atoms with Gasteiger partial charge in [-0.1, -0.05) is 0 Å². The molecule has 2 heterocycles. The molecule has 0 atom stereocenters. The SMILES string of the molecule is O=C(CCc1ccc([N+](=O)[O-])o1)c1ccc(N2CCCCC2)cc1. The number of ketones is 1. The van der Waals surface area contributed by atoms with E-state index < -0.39 is 4.92 Å². The number of nitro groups is 1. The molecule has 0 aliphatic carbocycles. The van der Waals surface area contributed by atoms with E-state index in [1.165, 1.54) is 25.3 Å². The van der Waals surface area contributed by atoms with Crippen LogP contribution < -0.4 is 4.90 Å². The molecule has 1 aliphatic rings. The Bertz CT molecular complexity index is 715. The third-order valence-electron chi connectivity index (χ3n) is 4.34. The van der Waals surface area contributed by atoms with Crippen LogP contribution in [0, 0.1) is 10.1 Å². The number of piperidine rings is 1. The van der Waals surface area contributed by atoms with Gasteiger partial charge in [-0.15, -0.1) is 0 Å². The Morgan fingerprint density at radius 2 is 1.79 bits per heavy atom. The molecule has 0 saturated carbocycles. The van der Waals surface area contributed by atoms with Gasteiger partial charge in [0.05, 0.1) is 6.07 Å². The van der Waals surface area contributed by atoms with Crippen molar-refractivity contribution in [3.05, 3.63) is 57.8 Å². The second-order valence-corrected chi connectivity index (χ2v) is 6.01. The predicted molar refractivity (Wildman–Crippen MR) is 90.5 cm³/mol. The Labute approximate surface area is 140 Å². The fraction of sp³-hybridized carbons (Fsp3) is 0.389. The minimum atomic E-state index is -0.579. The van der Waals surface area contributed by atoms with E-state index in [0.717, 1.165) is 18.8 Å². The summed E-state index contributed by atoms with van der Waals surface area (Å²) < 4.78 is 5.07. The standard InChI is InChI=1S/C18H20N2O4/c21-17(10-8-16-9-11-18(24-16)20(22)23)14-4-6-15(7-5-14)19-12-2-1-3-13-19/h4-7,9,11H,1-3,8,10,12-13H2. The molecule has 1 saturated heterocycles. The number of carbonyl (C=O) groups excluding carboxylic acids is 1. The molecule has 1 aromatic heterocycles. The lowest BCUT2D eigenvalue weighted by molar-refractivity contribution is -0.402. The van der Waals surface area contributed by atoms with Crippen molar-refractivity contribution in [3.63, 3.8) is 0 Å². The largest absolute Gasteiger partial charge is 0.433 e. The van der Waals surface area contributed by atoms with Gasteiger partial charge in [-0.2, -0.15) is 0 Å². The fourth-order valence-electron chi connectivity index (χ4n) is 2.99. The number of hydrogen-bond donors (Lipinski definition) is 0. The molecular weight excluding hydrogens is 308 g/mol. The van der Waals surface area contributed by atoms with Crippen molar-refractivity contribution in [2.75, 3.05) is 18.0 Å². The first-order valence-electron chi connectivity index (χ1n) is 8.25. The summed E-state index contributed by atoms with van der Waals surface area (Å²) >= 11 is 0. The summed E-state index contributed by atoms with van der Waals surface area (Å²) in [6.45, 7) is 2.15. The first-order valence-corrected chi connectivity index (χ1v) is 8.25. The number of rotatable bonds is 6. The molecule has 3 rings (SSSR count). The zero-order valence-corrected chi connectivity index (χ0v) is 13.4. The van der Waals surface area contributed by atoms with E-state index in [9.17, 15) is 14.9 Å². The number of benzene rings is 1. The third kappa shape index (κ3) is 3.82. The van der Waals surface area contributed by atoms with Gasteiger partial charge in [-0.25, -0.2) is 0 Å². The minimum Gasteiger partial charge on any atom is -0.406 e. The van der Waals surface area contributed by atoms with Gasteiger partial charge in [0.1, 0.15) is 10.7 Å². The summed E-state index contributed by atoms with van der Waals surface area (Å²) in [5, 5.41) is 10.6. The van der Waals surface area contributed by atoms with Gasteiger partial charge < -0.3 is 9.32 Å². The van der Waals surface area contributed by atoms with E-state index in [2.05, 4.69) is 4.90 Å². The second kappa shape index (κ2) is 7.29. The summed E-state index contributed by atoms with van der Waals surface area (Å²) in [5.74, 6) is 0.183. The molecule has 6 heteroatoms. The number of hydrogen-bond acceptors (Lipinski definition) is 5. The average Bonchev–Trinajstić information content (AvgIpc) is 3.10. The molecule has 0 N–H and O–H groups in total. The van der Waals surface area contributed by atoms with Gasteiger partial charge in [0.25, 0.3) is 0 Å². The van der Waals surface area contributed by atoms with E-state index in [4.69, 9.17) is 4.42 Å². The molecule has 0 spiro atoms. The highest BCUT2D eigenvalue weighted by molar-refractivity contribution is 5.96. The lowest BCUT2D eigenvalue weighted by Gasteiger charge is -2.28. The molecule has 6 nitrogen and oxygen atoms in total. The smallest absolute Gasteiger partial charge is 0.406 e. The molecular formula is C18H20N2O4. The number of carbonyl (C=O) groups is 1. The number of aryl methyl sites for hydroxylation is 1. The highest BCUT2D eigenvalue weighted by atomic mass is 16.6. The van der Waals surface area contributed by atoms with Crippen LogP contribution in [0.1, 0.15) is 41.8 Å². The molecule has 0 bridgehead atoms. The van der Waals surface area contributed by atoms with Crippen molar-refractivity contribution in [1.82, 2.24) is 0 Å². The Morgan fingerprint density at radius 3 is 2.42 bits per heavy atom. The van der Waals surface area contributed by atoms with Crippen LogP contribution in [0.2, 0.25) is 0 Å². The lowest BCUT2D eigenvalue weighted by Crippen LogP contribution is -2.29. The summed E-state index contributed by atoms with van der Waals surface area (Å²) in [6.07, 6.45) is 4.36. The number of nitrogens with zero attached hydrogens (tertiary/aromatic N) is 2.